The van der Waals surface area contributed by atoms with Crippen LogP contribution in [0.25, 0.3) is 0 Å². The van der Waals surface area contributed by atoms with Gasteiger partial charge in [0, 0.05) is 20.2 Å². The van der Waals surface area contributed by atoms with Crippen molar-refractivity contribution >= 4 is 12.0 Å². The first kappa shape index (κ1) is 19.0. The summed E-state index contributed by atoms with van der Waals surface area (Å²) < 4.78 is 10.9. The van der Waals surface area contributed by atoms with Gasteiger partial charge in [-0.25, -0.2) is 4.79 Å². The number of hydrogen-bond donors (Lipinski definition) is 2. The van der Waals surface area contributed by atoms with Crippen LogP contribution in [0.4, 0.5) is 4.79 Å². The summed E-state index contributed by atoms with van der Waals surface area (Å²) in [5.74, 6) is -0.582. The molecule has 0 spiro atoms. The lowest BCUT2D eigenvalue weighted by atomic mass is 10.2. The minimum absolute atomic E-state index is 0.124. The number of nitrogens with zero attached hydrogens (tertiary/aromatic N) is 1. The van der Waals surface area contributed by atoms with Gasteiger partial charge in [0.15, 0.2) is 0 Å². The Morgan fingerprint density at radius 2 is 2.04 bits per heavy atom. The Morgan fingerprint density at radius 1 is 1.35 bits per heavy atom. The van der Waals surface area contributed by atoms with Gasteiger partial charge in [-0.15, -0.1) is 0 Å². The minimum Gasteiger partial charge on any atom is -0.481 e. The largest absolute Gasteiger partial charge is 0.481 e. The van der Waals surface area contributed by atoms with E-state index in [9.17, 15) is 9.59 Å². The maximum absolute atomic E-state index is 12.2. The highest BCUT2D eigenvalue weighted by atomic mass is 16.5. The molecule has 2 amide bonds. The van der Waals surface area contributed by atoms with Crippen molar-refractivity contribution < 1.29 is 23.8 Å². The topological polar surface area (TPSA) is 92.0 Å². The average Bonchev–Trinajstić information content (AvgIpc) is 2.99. The highest BCUT2D eigenvalue weighted by Gasteiger charge is 2.22. The van der Waals surface area contributed by atoms with Crippen molar-refractivity contribution in [3.05, 3.63) is 24.2 Å². The van der Waals surface area contributed by atoms with E-state index in [2.05, 4.69) is 5.32 Å². The van der Waals surface area contributed by atoms with Gasteiger partial charge in [0.05, 0.1) is 18.8 Å². The molecule has 1 heterocycles. The van der Waals surface area contributed by atoms with Gasteiger partial charge >= 0.3 is 12.0 Å². The van der Waals surface area contributed by atoms with E-state index >= 15 is 0 Å². The fraction of sp³-hybridized carbons (Fsp3) is 0.625. The van der Waals surface area contributed by atoms with E-state index in [0.717, 1.165) is 0 Å². The number of aliphatic carboxylic acids is 1. The van der Waals surface area contributed by atoms with Gasteiger partial charge in [0.25, 0.3) is 0 Å². The summed E-state index contributed by atoms with van der Waals surface area (Å²) in [7, 11) is 1.56. The van der Waals surface area contributed by atoms with E-state index in [1.807, 2.05) is 13.8 Å². The molecule has 23 heavy (non-hydrogen) atoms. The molecular formula is C16H26N2O5. The number of hydrogen-bond acceptors (Lipinski definition) is 4. The van der Waals surface area contributed by atoms with Gasteiger partial charge in [-0.3, -0.25) is 4.79 Å². The molecule has 2 atom stereocenters. The summed E-state index contributed by atoms with van der Waals surface area (Å²) in [5.41, 5.74) is 0. The number of carbonyl (C=O) groups is 2. The van der Waals surface area contributed by atoms with Crippen molar-refractivity contribution in [1.29, 1.82) is 0 Å². The molecule has 0 bridgehead atoms. The summed E-state index contributed by atoms with van der Waals surface area (Å²) in [6.07, 6.45) is 1.53. The van der Waals surface area contributed by atoms with Crippen molar-refractivity contribution in [3.8, 4) is 0 Å². The Labute approximate surface area is 136 Å². The molecular weight excluding hydrogens is 300 g/mol. The van der Waals surface area contributed by atoms with Crippen LogP contribution in [0, 0.1) is 11.8 Å². The first-order valence-electron chi connectivity index (χ1n) is 7.66. The number of furan rings is 1. The van der Waals surface area contributed by atoms with Gasteiger partial charge in [-0.05, 0) is 18.1 Å². The molecule has 0 radical (unpaired) electrons. The lowest BCUT2D eigenvalue weighted by Crippen LogP contribution is -2.43. The van der Waals surface area contributed by atoms with Gasteiger partial charge < -0.3 is 24.5 Å². The number of carboxylic acids is 1. The lowest BCUT2D eigenvalue weighted by Gasteiger charge is -2.24. The standard InChI is InChI=1S/C16H26N2O5/c1-11(2)9-22-10-13(14-6-5-7-23-14)17-16(21)18(4)8-12(3)15(19)20/h5-7,11-13H,8-10H2,1-4H3,(H,17,21)(H,19,20). The van der Waals surface area contributed by atoms with E-state index < -0.39 is 17.9 Å². The highest BCUT2D eigenvalue weighted by molar-refractivity contribution is 5.76. The van der Waals surface area contributed by atoms with Gasteiger partial charge in [0.1, 0.15) is 11.8 Å². The predicted octanol–water partition coefficient (Wildman–Crippen LogP) is 2.36. The van der Waals surface area contributed by atoms with Crippen LogP contribution in [-0.2, 0) is 9.53 Å². The molecule has 0 aliphatic heterocycles. The second-order valence-corrected chi connectivity index (χ2v) is 6.07. The van der Waals surface area contributed by atoms with Crippen molar-refractivity contribution in [2.24, 2.45) is 11.8 Å². The highest BCUT2D eigenvalue weighted by Crippen LogP contribution is 2.15. The molecule has 1 aromatic rings. The Hall–Kier alpha value is -2.02. The van der Waals surface area contributed by atoms with Crippen LogP contribution in [0.5, 0.6) is 0 Å². The number of nitrogens with one attached hydrogen (secondary N) is 1. The summed E-state index contributed by atoms with van der Waals surface area (Å²) in [6.45, 7) is 6.64. The molecule has 2 unspecified atom stereocenters. The average molecular weight is 326 g/mol. The lowest BCUT2D eigenvalue weighted by molar-refractivity contribution is -0.141. The fourth-order valence-corrected chi connectivity index (χ4v) is 1.94. The number of carboxylic acid groups (broad SMARTS) is 1. The van der Waals surface area contributed by atoms with Gasteiger partial charge in [0.2, 0.25) is 0 Å². The minimum atomic E-state index is -0.937. The third kappa shape index (κ3) is 6.73. The summed E-state index contributed by atoms with van der Waals surface area (Å²) >= 11 is 0. The van der Waals surface area contributed by atoms with E-state index in [4.69, 9.17) is 14.3 Å². The molecule has 0 saturated carbocycles. The Bertz CT molecular complexity index is 487. The smallest absolute Gasteiger partial charge is 0.317 e. The molecule has 0 aliphatic carbocycles. The first-order chi connectivity index (χ1) is 10.8. The molecule has 0 aromatic carbocycles. The van der Waals surface area contributed by atoms with Gasteiger partial charge in [-0.2, -0.15) is 0 Å². The van der Waals surface area contributed by atoms with E-state index in [0.29, 0.717) is 24.9 Å². The molecule has 1 rings (SSSR count). The molecule has 0 fully saturated rings. The Balaban J connectivity index is 2.61. The quantitative estimate of drug-likeness (QED) is 0.727. The second-order valence-electron chi connectivity index (χ2n) is 6.07. The number of carbonyl (C=O) groups excluding carboxylic acids is 1. The van der Waals surface area contributed by atoms with Crippen LogP contribution < -0.4 is 5.32 Å². The molecule has 7 nitrogen and oxygen atoms in total. The molecule has 7 heteroatoms. The van der Waals surface area contributed by atoms with Crippen molar-refractivity contribution in [3.63, 3.8) is 0 Å². The molecule has 2 N–H and O–H groups in total. The normalized spacial score (nSPS) is 13.6. The van der Waals surface area contributed by atoms with Crippen LogP contribution in [0.1, 0.15) is 32.6 Å². The zero-order chi connectivity index (χ0) is 17.4. The summed E-state index contributed by atoms with van der Waals surface area (Å²) in [4.78, 5) is 24.5. The van der Waals surface area contributed by atoms with E-state index in [-0.39, 0.29) is 12.6 Å². The second kappa shape index (κ2) is 9.19. The molecule has 130 valence electrons. The fourth-order valence-electron chi connectivity index (χ4n) is 1.94. The zero-order valence-electron chi connectivity index (χ0n) is 14.1. The van der Waals surface area contributed by atoms with Crippen LogP contribution in [0.3, 0.4) is 0 Å². The van der Waals surface area contributed by atoms with Crippen molar-refractivity contribution in [2.75, 3.05) is 26.8 Å². The number of amides is 2. The zero-order valence-corrected chi connectivity index (χ0v) is 14.1. The number of ether oxygens (including phenoxy) is 1. The van der Waals surface area contributed by atoms with Gasteiger partial charge in [-0.1, -0.05) is 20.8 Å². The first-order valence-corrected chi connectivity index (χ1v) is 7.66. The van der Waals surface area contributed by atoms with Crippen molar-refractivity contribution in [1.82, 2.24) is 10.2 Å². The monoisotopic (exact) mass is 326 g/mol. The SMILES string of the molecule is CC(C)COCC(NC(=O)N(C)CC(C)C(=O)O)c1ccco1. The number of urea groups is 1. The molecule has 0 saturated heterocycles. The summed E-state index contributed by atoms with van der Waals surface area (Å²) in [5, 5.41) is 11.7. The predicted molar refractivity (Wildman–Crippen MR) is 85.1 cm³/mol. The number of rotatable bonds is 9. The van der Waals surface area contributed by atoms with Crippen LogP contribution in [0.2, 0.25) is 0 Å². The third-order valence-electron chi connectivity index (χ3n) is 3.24. The Kier molecular flexibility index (Phi) is 7.61. The van der Waals surface area contributed by atoms with Crippen LogP contribution in [0.15, 0.2) is 22.8 Å². The van der Waals surface area contributed by atoms with E-state index in [1.165, 1.54) is 11.2 Å². The Morgan fingerprint density at radius 3 is 2.57 bits per heavy atom. The maximum atomic E-state index is 12.2. The summed E-state index contributed by atoms with van der Waals surface area (Å²) in [6, 6.07) is 2.72. The molecule has 1 aromatic heterocycles. The maximum Gasteiger partial charge on any atom is 0.317 e. The van der Waals surface area contributed by atoms with Crippen LogP contribution in [-0.4, -0.2) is 48.8 Å². The third-order valence-corrected chi connectivity index (χ3v) is 3.24. The van der Waals surface area contributed by atoms with Crippen molar-refractivity contribution in [2.45, 2.75) is 26.8 Å². The molecule has 0 aliphatic rings. The van der Waals surface area contributed by atoms with E-state index in [1.54, 1.807) is 26.1 Å². The van der Waals surface area contributed by atoms with Crippen LogP contribution >= 0.6 is 0 Å².